The molecule has 1 heterocycles. The highest BCUT2D eigenvalue weighted by Gasteiger charge is 2.17. The third kappa shape index (κ3) is 4.41. The van der Waals surface area contributed by atoms with Gasteiger partial charge in [0.2, 0.25) is 12.7 Å². The smallest absolute Gasteiger partial charge is 0.387 e. The molecule has 0 unspecified atom stereocenters. The number of alkyl halides is 2. The highest BCUT2D eigenvalue weighted by Crippen LogP contribution is 2.32. The Morgan fingerprint density at radius 2 is 1.81 bits per heavy atom. The lowest BCUT2D eigenvalue weighted by molar-refractivity contribution is -0.130. The summed E-state index contributed by atoms with van der Waals surface area (Å²) in [5, 5.41) is 0. The van der Waals surface area contributed by atoms with E-state index in [1.807, 2.05) is 25.1 Å². The molecule has 7 heteroatoms. The van der Waals surface area contributed by atoms with E-state index in [1.54, 1.807) is 17.0 Å². The molecule has 0 fully saturated rings. The Labute approximate surface area is 150 Å². The van der Waals surface area contributed by atoms with Crippen molar-refractivity contribution in [3.63, 3.8) is 0 Å². The van der Waals surface area contributed by atoms with Gasteiger partial charge in [0, 0.05) is 13.1 Å². The quantitative estimate of drug-likeness (QED) is 0.754. The molecular formula is C19H19F2NO4. The Bertz CT molecular complexity index is 765. The zero-order chi connectivity index (χ0) is 18.5. The first-order valence-corrected chi connectivity index (χ1v) is 8.25. The minimum atomic E-state index is -2.86. The van der Waals surface area contributed by atoms with E-state index in [9.17, 15) is 13.6 Å². The van der Waals surface area contributed by atoms with Crippen molar-refractivity contribution in [3.8, 4) is 17.2 Å². The molecule has 0 spiro atoms. The summed E-state index contributed by atoms with van der Waals surface area (Å²) in [6.07, 6.45) is 0.188. The molecule has 2 aromatic rings. The molecule has 3 rings (SSSR count). The van der Waals surface area contributed by atoms with Crippen LogP contribution in [0.15, 0.2) is 42.5 Å². The van der Waals surface area contributed by atoms with Crippen molar-refractivity contribution in [1.29, 1.82) is 0 Å². The van der Waals surface area contributed by atoms with E-state index in [1.165, 1.54) is 12.1 Å². The van der Waals surface area contributed by atoms with Gasteiger partial charge in [-0.2, -0.15) is 8.78 Å². The molecule has 0 saturated carbocycles. The van der Waals surface area contributed by atoms with Crippen LogP contribution in [0.5, 0.6) is 17.2 Å². The van der Waals surface area contributed by atoms with Gasteiger partial charge in [-0.25, -0.2) is 0 Å². The fourth-order valence-electron chi connectivity index (χ4n) is 2.71. The second-order valence-electron chi connectivity index (χ2n) is 5.79. The highest BCUT2D eigenvalue weighted by molar-refractivity contribution is 5.78. The third-order valence-corrected chi connectivity index (χ3v) is 4.05. The Balaban J connectivity index is 1.61. The van der Waals surface area contributed by atoms with Crippen molar-refractivity contribution in [2.24, 2.45) is 0 Å². The van der Waals surface area contributed by atoms with E-state index >= 15 is 0 Å². The average Bonchev–Trinajstić information content (AvgIpc) is 3.08. The number of halogens is 2. The maximum absolute atomic E-state index is 12.6. The van der Waals surface area contributed by atoms with Crippen LogP contribution >= 0.6 is 0 Å². The van der Waals surface area contributed by atoms with Crippen LogP contribution in [0.25, 0.3) is 0 Å². The molecule has 0 radical (unpaired) electrons. The van der Waals surface area contributed by atoms with E-state index in [-0.39, 0.29) is 24.9 Å². The molecule has 5 nitrogen and oxygen atoms in total. The first-order valence-electron chi connectivity index (χ1n) is 8.25. The lowest BCUT2D eigenvalue weighted by Gasteiger charge is -2.21. The first-order chi connectivity index (χ1) is 12.5. The van der Waals surface area contributed by atoms with Gasteiger partial charge in [0.25, 0.3) is 0 Å². The highest BCUT2D eigenvalue weighted by atomic mass is 19.3. The molecule has 0 bridgehead atoms. The molecule has 0 N–H and O–H groups in total. The van der Waals surface area contributed by atoms with Crippen molar-refractivity contribution in [3.05, 3.63) is 53.6 Å². The van der Waals surface area contributed by atoms with Gasteiger partial charge in [-0.3, -0.25) is 4.79 Å². The predicted octanol–water partition coefficient (Wildman–Crippen LogP) is 3.61. The maximum Gasteiger partial charge on any atom is 0.387 e. The molecule has 1 amide bonds. The second-order valence-corrected chi connectivity index (χ2v) is 5.79. The number of carbonyl (C=O) groups is 1. The van der Waals surface area contributed by atoms with Crippen LogP contribution in [-0.4, -0.2) is 30.8 Å². The monoisotopic (exact) mass is 363 g/mol. The van der Waals surface area contributed by atoms with Crippen LogP contribution in [0.4, 0.5) is 8.78 Å². The van der Waals surface area contributed by atoms with Crippen molar-refractivity contribution in [2.75, 3.05) is 13.3 Å². The summed E-state index contributed by atoms with van der Waals surface area (Å²) in [5.41, 5.74) is 1.69. The summed E-state index contributed by atoms with van der Waals surface area (Å²) < 4.78 is 39.3. The standard InChI is InChI=1S/C19H19F2NO4/c1-2-22(11-14-5-8-16-17(9-14)25-12-24-16)18(23)10-13-3-6-15(7-4-13)26-19(20)21/h3-9,19H,2,10-12H2,1H3. The van der Waals surface area contributed by atoms with Gasteiger partial charge in [-0.1, -0.05) is 18.2 Å². The normalized spacial score (nSPS) is 12.3. The topological polar surface area (TPSA) is 48.0 Å². The Morgan fingerprint density at radius 3 is 2.50 bits per heavy atom. The zero-order valence-corrected chi connectivity index (χ0v) is 14.3. The number of benzene rings is 2. The molecule has 2 aromatic carbocycles. The van der Waals surface area contributed by atoms with Gasteiger partial charge in [-0.05, 0) is 42.3 Å². The summed E-state index contributed by atoms with van der Waals surface area (Å²) in [6.45, 7) is 0.267. The Morgan fingerprint density at radius 1 is 1.12 bits per heavy atom. The van der Waals surface area contributed by atoms with Gasteiger partial charge >= 0.3 is 6.61 Å². The largest absolute Gasteiger partial charge is 0.454 e. The summed E-state index contributed by atoms with van der Waals surface area (Å²) in [4.78, 5) is 14.3. The van der Waals surface area contributed by atoms with Gasteiger partial charge in [0.1, 0.15) is 5.75 Å². The van der Waals surface area contributed by atoms with Crippen molar-refractivity contribution in [1.82, 2.24) is 4.90 Å². The molecule has 0 saturated heterocycles. The predicted molar refractivity (Wildman–Crippen MR) is 90.4 cm³/mol. The second kappa shape index (κ2) is 8.03. The molecule has 0 atom stereocenters. The zero-order valence-electron chi connectivity index (χ0n) is 14.3. The lowest BCUT2D eigenvalue weighted by Crippen LogP contribution is -2.31. The number of carbonyl (C=O) groups excluding carboxylic acids is 1. The molecule has 0 aliphatic carbocycles. The number of rotatable bonds is 7. The van der Waals surface area contributed by atoms with Crippen LogP contribution in [-0.2, 0) is 17.8 Å². The molecule has 1 aliphatic heterocycles. The Hall–Kier alpha value is -2.83. The number of amides is 1. The minimum absolute atomic E-state index is 0.0484. The van der Waals surface area contributed by atoms with Crippen LogP contribution in [0.2, 0.25) is 0 Å². The van der Waals surface area contributed by atoms with Gasteiger partial charge in [0.05, 0.1) is 6.42 Å². The van der Waals surface area contributed by atoms with Crippen molar-refractivity contribution in [2.45, 2.75) is 26.5 Å². The van der Waals surface area contributed by atoms with Crippen LogP contribution < -0.4 is 14.2 Å². The van der Waals surface area contributed by atoms with E-state index in [2.05, 4.69) is 4.74 Å². The third-order valence-electron chi connectivity index (χ3n) is 4.05. The van der Waals surface area contributed by atoms with E-state index in [0.717, 1.165) is 11.1 Å². The summed E-state index contributed by atoms with van der Waals surface area (Å²) in [5.74, 6) is 1.41. The maximum atomic E-state index is 12.6. The molecule has 0 aromatic heterocycles. The van der Waals surface area contributed by atoms with Gasteiger partial charge in [0.15, 0.2) is 11.5 Å². The average molecular weight is 363 g/mol. The number of hydrogen-bond donors (Lipinski definition) is 0. The number of likely N-dealkylation sites (N-methyl/N-ethyl adjacent to an activating group) is 1. The SMILES string of the molecule is CCN(Cc1ccc2c(c1)OCO2)C(=O)Cc1ccc(OC(F)F)cc1. The van der Waals surface area contributed by atoms with E-state index in [0.29, 0.717) is 24.6 Å². The molecular weight excluding hydrogens is 344 g/mol. The summed E-state index contributed by atoms with van der Waals surface area (Å²) in [7, 11) is 0. The molecule has 1 aliphatic rings. The van der Waals surface area contributed by atoms with Crippen LogP contribution in [0, 0.1) is 0 Å². The van der Waals surface area contributed by atoms with E-state index < -0.39 is 6.61 Å². The lowest BCUT2D eigenvalue weighted by atomic mass is 10.1. The van der Waals surface area contributed by atoms with E-state index in [4.69, 9.17) is 9.47 Å². The molecule has 26 heavy (non-hydrogen) atoms. The van der Waals surface area contributed by atoms with Crippen LogP contribution in [0.3, 0.4) is 0 Å². The molecule has 138 valence electrons. The fourth-order valence-corrected chi connectivity index (χ4v) is 2.71. The van der Waals surface area contributed by atoms with Crippen molar-refractivity contribution >= 4 is 5.91 Å². The van der Waals surface area contributed by atoms with Crippen LogP contribution in [0.1, 0.15) is 18.1 Å². The minimum Gasteiger partial charge on any atom is -0.454 e. The van der Waals surface area contributed by atoms with Crippen molar-refractivity contribution < 1.29 is 27.8 Å². The number of hydrogen-bond acceptors (Lipinski definition) is 4. The fraction of sp³-hybridized carbons (Fsp3) is 0.316. The Kier molecular flexibility index (Phi) is 5.55. The van der Waals surface area contributed by atoms with Gasteiger partial charge < -0.3 is 19.1 Å². The number of ether oxygens (including phenoxy) is 3. The summed E-state index contributed by atoms with van der Waals surface area (Å²) >= 11 is 0. The summed E-state index contributed by atoms with van der Waals surface area (Å²) in [6, 6.07) is 11.7. The van der Waals surface area contributed by atoms with Gasteiger partial charge in [-0.15, -0.1) is 0 Å². The number of nitrogens with zero attached hydrogens (tertiary/aromatic N) is 1. The number of fused-ring (bicyclic) bond motifs is 1. The first kappa shape index (κ1) is 18.0.